The number of nitro groups is 1. The van der Waals surface area contributed by atoms with Gasteiger partial charge in [0, 0.05) is 16.6 Å². The molecular formula is C24H15BrClFN2O5S2. The van der Waals surface area contributed by atoms with E-state index in [0.29, 0.717) is 36.4 Å². The molecule has 0 unspecified atom stereocenters. The largest absolute Gasteiger partial charge is 0.493 e. The topological polar surface area (TPSA) is 81.9 Å². The third-order valence-electron chi connectivity index (χ3n) is 5.07. The number of hydrogen-bond donors (Lipinski definition) is 0. The fraction of sp³-hybridized carbons (Fsp3) is 0.0833. The van der Waals surface area contributed by atoms with E-state index in [1.165, 1.54) is 42.3 Å². The zero-order valence-electron chi connectivity index (χ0n) is 18.4. The second-order valence-corrected chi connectivity index (χ2v) is 10.3. The molecule has 3 aromatic carbocycles. The summed E-state index contributed by atoms with van der Waals surface area (Å²) in [5, 5.41) is 10.7. The lowest BCUT2D eigenvalue weighted by atomic mass is 10.1. The van der Waals surface area contributed by atoms with Crippen LogP contribution in [0.1, 0.15) is 11.1 Å². The Morgan fingerprint density at radius 3 is 2.56 bits per heavy atom. The third kappa shape index (κ3) is 5.54. The van der Waals surface area contributed by atoms with Gasteiger partial charge in [0.05, 0.1) is 27.6 Å². The minimum absolute atomic E-state index is 0.00336. The standard InChI is InChI=1S/C24H15BrClFN2O5S2/c1-33-20-8-14(17(25)11-21(20)34-12-13-2-4-15(5-3-13)29(31)32)9-22-23(30)28(24(35)36-22)16-6-7-19(27)18(26)10-16/h2-11H,12H2,1H3/b22-9+. The monoisotopic (exact) mass is 608 g/mol. The zero-order chi connectivity index (χ0) is 26.0. The Kier molecular flexibility index (Phi) is 7.94. The summed E-state index contributed by atoms with van der Waals surface area (Å²) >= 11 is 15.9. The molecule has 1 aliphatic rings. The molecule has 0 atom stereocenters. The van der Waals surface area contributed by atoms with Gasteiger partial charge >= 0.3 is 0 Å². The van der Waals surface area contributed by atoms with Gasteiger partial charge in [0.15, 0.2) is 15.8 Å². The molecule has 0 aliphatic carbocycles. The summed E-state index contributed by atoms with van der Waals surface area (Å²) in [6.45, 7) is 0.166. The lowest BCUT2D eigenvalue weighted by Crippen LogP contribution is -2.27. The molecule has 0 N–H and O–H groups in total. The molecule has 7 nitrogen and oxygen atoms in total. The molecule has 4 rings (SSSR count). The summed E-state index contributed by atoms with van der Waals surface area (Å²) in [5.41, 5.74) is 1.76. The van der Waals surface area contributed by atoms with E-state index in [9.17, 15) is 19.3 Å². The number of nitro benzene ring substituents is 1. The number of nitrogens with zero attached hydrogens (tertiary/aromatic N) is 2. The molecule has 0 saturated carbocycles. The fourth-order valence-corrected chi connectivity index (χ4v) is 5.17. The first-order chi connectivity index (χ1) is 17.2. The quantitative estimate of drug-likeness (QED) is 0.122. The lowest BCUT2D eigenvalue weighted by Gasteiger charge is -2.15. The molecule has 0 radical (unpaired) electrons. The number of benzene rings is 3. The Bertz CT molecular complexity index is 1420. The molecule has 1 fully saturated rings. The van der Waals surface area contributed by atoms with Crippen molar-refractivity contribution in [1.29, 1.82) is 0 Å². The van der Waals surface area contributed by atoms with E-state index < -0.39 is 10.7 Å². The number of non-ortho nitro benzene ring substituents is 1. The van der Waals surface area contributed by atoms with Crippen LogP contribution in [-0.4, -0.2) is 22.3 Å². The van der Waals surface area contributed by atoms with Crippen LogP contribution in [0, 0.1) is 15.9 Å². The minimum Gasteiger partial charge on any atom is -0.493 e. The molecule has 0 spiro atoms. The summed E-state index contributed by atoms with van der Waals surface area (Å²) in [6.07, 6.45) is 1.66. The number of rotatable bonds is 7. The Balaban J connectivity index is 1.55. The van der Waals surface area contributed by atoms with E-state index in [2.05, 4.69) is 15.9 Å². The highest BCUT2D eigenvalue weighted by atomic mass is 79.9. The molecule has 1 heterocycles. The maximum atomic E-state index is 13.6. The number of thioether (sulfide) groups is 1. The highest BCUT2D eigenvalue weighted by Crippen LogP contribution is 2.40. The van der Waals surface area contributed by atoms with Crippen LogP contribution in [0.4, 0.5) is 15.8 Å². The molecule has 0 bridgehead atoms. The fourth-order valence-electron chi connectivity index (χ4n) is 3.26. The van der Waals surface area contributed by atoms with Gasteiger partial charge in [-0.1, -0.05) is 51.5 Å². The summed E-state index contributed by atoms with van der Waals surface area (Å²) in [7, 11) is 1.49. The van der Waals surface area contributed by atoms with Crippen molar-refractivity contribution in [2.24, 2.45) is 0 Å². The van der Waals surface area contributed by atoms with Gasteiger partial charge in [0.1, 0.15) is 12.4 Å². The van der Waals surface area contributed by atoms with Crippen molar-refractivity contribution in [3.63, 3.8) is 0 Å². The predicted molar refractivity (Wildman–Crippen MR) is 145 cm³/mol. The van der Waals surface area contributed by atoms with Crippen molar-refractivity contribution in [2.45, 2.75) is 6.61 Å². The summed E-state index contributed by atoms with van der Waals surface area (Å²) in [4.78, 5) is 25.1. The van der Waals surface area contributed by atoms with Crippen LogP contribution in [0.15, 0.2) is 64.0 Å². The first-order valence-corrected chi connectivity index (χ1v) is 12.5. The van der Waals surface area contributed by atoms with E-state index in [4.69, 9.17) is 33.3 Å². The Morgan fingerprint density at radius 1 is 1.19 bits per heavy atom. The van der Waals surface area contributed by atoms with E-state index >= 15 is 0 Å². The number of carbonyl (C=O) groups excluding carboxylic acids is 1. The number of methoxy groups -OCH3 is 1. The van der Waals surface area contributed by atoms with Crippen LogP contribution < -0.4 is 14.4 Å². The van der Waals surface area contributed by atoms with E-state index in [0.717, 1.165) is 17.3 Å². The molecule has 184 valence electrons. The Hall–Kier alpha value is -2.99. The third-order valence-corrected chi connectivity index (χ3v) is 7.34. The second-order valence-electron chi connectivity index (χ2n) is 7.35. The van der Waals surface area contributed by atoms with Crippen LogP contribution in [0.5, 0.6) is 11.5 Å². The number of thiocarbonyl (C=S) groups is 1. The van der Waals surface area contributed by atoms with Gasteiger partial charge in [0.2, 0.25) is 0 Å². The van der Waals surface area contributed by atoms with Crippen molar-refractivity contribution in [3.05, 3.63) is 96.1 Å². The van der Waals surface area contributed by atoms with E-state index in [-0.39, 0.29) is 23.2 Å². The highest BCUT2D eigenvalue weighted by Gasteiger charge is 2.34. The van der Waals surface area contributed by atoms with E-state index in [1.807, 2.05) is 0 Å². The molecule has 1 amide bonds. The first kappa shape index (κ1) is 26.1. The normalized spacial score (nSPS) is 14.4. The summed E-state index contributed by atoms with van der Waals surface area (Å²) < 4.78 is 25.8. The molecule has 3 aromatic rings. The molecule has 0 aromatic heterocycles. The summed E-state index contributed by atoms with van der Waals surface area (Å²) in [6, 6.07) is 13.4. The number of carbonyl (C=O) groups is 1. The predicted octanol–water partition coefficient (Wildman–Crippen LogP) is 7.14. The lowest BCUT2D eigenvalue weighted by molar-refractivity contribution is -0.384. The second kappa shape index (κ2) is 11.0. The smallest absolute Gasteiger partial charge is 0.270 e. The van der Waals surface area contributed by atoms with Gasteiger partial charge in [-0.05, 0) is 59.7 Å². The number of ether oxygens (including phenoxy) is 2. The van der Waals surface area contributed by atoms with Gasteiger partial charge in [0.25, 0.3) is 11.6 Å². The van der Waals surface area contributed by atoms with E-state index in [1.54, 1.807) is 30.3 Å². The van der Waals surface area contributed by atoms with Crippen molar-refractivity contribution >= 4 is 79.2 Å². The maximum absolute atomic E-state index is 13.6. The Labute approximate surface area is 228 Å². The number of amides is 1. The van der Waals surface area contributed by atoms with Crippen LogP contribution in [-0.2, 0) is 11.4 Å². The average Bonchev–Trinajstić information content (AvgIpc) is 3.13. The molecule has 36 heavy (non-hydrogen) atoms. The average molecular weight is 610 g/mol. The molecule has 12 heteroatoms. The van der Waals surface area contributed by atoms with Crippen molar-refractivity contribution in [2.75, 3.05) is 12.0 Å². The maximum Gasteiger partial charge on any atom is 0.270 e. The highest BCUT2D eigenvalue weighted by molar-refractivity contribution is 9.10. The van der Waals surface area contributed by atoms with Gasteiger partial charge in [-0.2, -0.15) is 0 Å². The zero-order valence-corrected chi connectivity index (χ0v) is 22.3. The van der Waals surface area contributed by atoms with Crippen molar-refractivity contribution in [1.82, 2.24) is 0 Å². The van der Waals surface area contributed by atoms with Crippen LogP contribution in [0.3, 0.4) is 0 Å². The van der Waals surface area contributed by atoms with Crippen LogP contribution >= 0.6 is 51.5 Å². The van der Waals surface area contributed by atoms with Gasteiger partial charge in [-0.3, -0.25) is 19.8 Å². The van der Waals surface area contributed by atoms with Crippen LogP contribution in [0.2, 0.25) is 5.02 Å². The molecule has 1 aliphatic heterocycles. The van der Waals surface area contributed by atoms with Crippen molar-refractivity contribution < 1.29 is 23.6 Å². The van der Waals surface area contributed by atoms with Gasteiger partial charge in [-0.15, -0.1) is 0 Å². The van der Waals surface area contributed by atoms with Crippen molar-refractivity contribution in [3.8, 4) is 11.5 Å². The molecule has 1 saturated heterocycles. The van der Waals surface area contributed by atoms with Gasteiger partial charge in [-0.25, -0.2) is 4.39 Å². The SMILES string of the molecule is COc1cc(/C=C2/SC(=S)N(c3ccc(F)c(Cl)c3)C2=O)c(Br)cc1OCc1ccc([N+](=O)[O-])cc1. The van der Waals surface area contributed by atoms with Gasteiger partial charge < -0.3 is 9.47 Å². The summed E-state index contributed by atoms with van der Waals surface area (Å²) in [5.74, 6) is -0.0918. The number of anilines is 1. The van der Waals surface area contributed by atoms with Crippen LogP contribution in [0.25, 0.3) is 6.08 Å². The minimum atomic E-state index is -0.590. The molecular weight excluding hydrogens is 595 g/mol. The first-order valence-electron chi connectivity index (χ1n) is 10.1. The Morgan fingerprint density at radius 2 is 1.92 bits per heavy atom. The number of halogens is 3. The number of hydrogen-bond acceptors (Lipinski definition) is 7.